The van der Waals surface area contributed by atoms with Crippen molar-refractivity contribution in [3.05, 3.63) is 74.3 Å². The molecule has 5 aliphatic rings. The summed E-state index contributed by atoms with van der Waals surface area (Å²) in [6.07, 6.45) is 5.73. The summed E-state index contributed by atoms with van der Waals surface area (Å²) >= 11 is 13.7. The average Bonchev–Trinajstić information content (AvgIpc) is 3.41. The predicted octanol–water partition coefficient (Wildman–Crippen LogP) is 6.89. The molecule has 1 spiro atoms. The molecule has 12 heteroatoms. The molecule has 1 aliphatic carbocycles. The Labute approximate surface area is 296 Å². The highest BCUT2D eigenvalue weighted by molar-refractivity contribution is 8.18. The van der Waals surface area contributed by atoms with Crippen LogP contribution < -0.4 is 0 Å². The number of allylic oxidation sites excluding steroid dienone is 1. The fourth-order valence-electron chi connectivity index (χ4n) is 8.30. The minimum Gasteiger partial charge on any atom is -0.335 e. The standard InChI is InChI=1S/C36H43Cl2FN6O2S/c1-20(2)28-31(30(46)29(43-15-7-8-21(43)3)33(47)44-19-36(13-14-36)42(6)18-22(44)4)48-34-41-35(5,24-10-12-27(38)40-17-24)32(45(28)34)23-9-11-25(37)26(39)16-23/h9-12,16-17,20-22,29,32H,7-8,13-15,18-19H2,1-6H3/t21-,22-,29?,32-,35+/m1/s1. The normalized spacial score (nSPS) is 29.2. The summed E-state index contributed by atoms with van der Waals surface area (Å²) < 4.78 is 15.1. The number of aromatic nitrogens is 1. The first-order valence-electron chi connectivity index (χ1n) is 17.0. The zero-order valence-electron chi connectivity index (χ0n) is 28.3. The summed E-state index contributed by atoms with van der Waals surface area (Å²) in [5.74, 6) is -0.898. The van der Waals surface area contributed by atoms with Gasteiger partial charge in [0.25, 0.3) is 0 Å². The van der Waals surface area contributed by atoms with Crippen molar-refractivity contribution in [3.8, 4) is 0 Å². The second kappa shape index (κ2) is 12.4. The van der Waals surface area contributed by atoms with E-state index in [1.54, 1.807) is 18.3 Å². The molecule has 1 unspecified atom stereocenters. The lowest BCUT2D eigenvalue weighted by molar-refractivity contribution is -0.147. The minimum absolute atomic E-state index is 0.00194. The topological polar surface area (TPSA) is 72.4 Å². The van der Waals surface area contributed by atoms with Crippen molar-refractivity contribution < 1.29 is 14.0 Å². The van der Waals surface area contributed by atoms with E-state index in [0.29, 0.717) is 33.9 Å². The van der Waals surface area contributed by atoms with Gasteiger partial charge in [-0.2, -0.15) is 0 Å². The van der Waals surface area contributed by atoms with Crippen molar-refractivity contribution in [1.29, 1.82) is 0 Å². The van der Waals surface area contributed by atoms with Crippen LogP contribution in [0.3, 0.4) is 0 Å². The van der Waals surface area contributed by atoms with Gasteiger partial charge in [-0.05, 0) is 101 Å². The van der Waals surface area contributed by atoms with E-state index in [-0.39, 0.29) is 40.3 Å². The summed E-state index contributed by atoms with van der Waals surface area (Å²) in [6, 6.07) is 7.14. The summed E-state index contributed by atoms with van der Waals surface area (Å²) in [5, 5.41) is 1.04. The van der Waals surface area contributed by atoms with E-state index >= 15 is 9.18 Å². The van der Waals surface area contributed by atoms with Gasteiger partial charge in [0.05, 0.1) is 16.0 Å². The highest BCUT2D eigenvalue weighted by Crippen LogP contribution is 2.56. The lowest BCUT2D eigenvalue weighted by Gasteiger charge is -2.46. The molecule has 5 heterocycles. The second-order valence-electron chi connectivity index (χ2n) is 14.7. The van der Waals surface area contributed by atoms with Crippen molar-refractivity contribution in [2.24, 2.45) is 10.9 Å². The molecule has 1 aromatic carbocycles. The molecule has 0 N–H and O–H groups in total. The first-order chi connectivity index (χ1) is 22.8. The Morgan fingerprint density at radius 2 is 1.85 bits per heavy atom. The zero-order chi connectivity index (χ0) is 34.3. The van der Waals surface area contributed by atoms with Gasteiger partial charge in [-0.15, -0.1) is 0 Å². The van der Waals surface area contributed by atoms with Crippen molar-refractivity contribution in [2.75, 3.05) is 26.7 Å². The third-order valence-corrected chi connectivity index (χ3v) is 12.8. The number of likely N-dealkylation sites (N-methyl/N-ethyl adjacent to an activating group) is 1. The number of carbonyl (C=O) groups is 2. The maximum atomic E-state index is 15.1. The minimum atomic E-state index is -0.917. The summed E-state index contributed by atoms with van der Waals surface area (Å²) in [6.45, 7) is 12.5. The van der Waals surface area contributed by atoms with Gasteiger partial charge in [-0.1, -0.05) is 49.2 Å². The largest absolute Gasteiger partial charge is 0.335 e. The molecule has 0 bridgehead atoms. The number of aliphatic imine (C=N–C) groups is 1. The smallest absolute Gasteiger partial charge is 0.248 e. The number of fused-ring (bicyclic) bond motifs is 1. The number of Topliss-reactive ketones (excluding diaryl/α,β-unsaturated/α-hetero) is 1. The Bertz CT molecular complexity index is 1710. The molecule has 8 nitrogen and oxygen atoms in total. The molecule has 0 radical (unpaired) electrons. The van der Waals surface area contributed by atoms with Gasteiger partial charge < -0.3 is 9.80 Å². The van der Waals surface area contributed by atoms with Gasteiger partial charge in [0.15, 0.2) is 17.0 Å². The number of amidine groups is 1. The van der Waals surface area contributed by atoms with Crippen LogP contribution in [0.1, 0.15) is 77.5 Å². The Balaban J connectivity index is 1.32. The Morgan fingerprint density at radius 3 is 2.46 bits per heavy atom. The van der Waals surface area contributed by atoms with Crippen LogP contribution >= 0.6 is 35.0 Å². The predicted molar refractivity (Wildman–Crippen MR) is 189 cm³/mol. The molecule has 1 aromatic heterocycles. The number of carbonyl (C=O) groups excluding carboxylic acids is 2. The fourth-order valence-corrected chi connectivity index (χ4v) is 9.90. The summed E-state index contributed by atoms with van der Waals surface area (Å²) in [7, 11) is 2.15. The highest BCUT2D eigenvalue weighted by Gasteiger charge is 2.57. The lowest BCUT2D eigenvalue weighted by Crippen LogP contribution is -2.64. The monoisotopic (exact) mass is 712 g/mol. The van der Waals surface area contributed by atoms with Crippen molar-refractivity contribution in [1.82, 2.24) is 24.6 Å². The number of ketones is 1. The number of pyridine rings is 1. The number of likely N-dealkylation sites (tertiary alicyclic amines) is 1. The number of amides is 1. The number of nitrogens with zero attached hydrogens (tertiary/aromatic N) is 6. The van der Waals surface area contributed by atoms with E-state index in [4.69, 9.17) is 28.2 Å². The molecule has 7 rings (SSSR count). The van der Waals surface area contributed by atoms with Crippen LogP contribution in [-0.4, -0.2) is 91.8 Å². The molecule has 5 atom stereocenters. The lowest BCUT2D eigenvalue weighted by atomic mass is 9.81. The molecule has 3 fully saturated rings. The van der Waals surface area contributed by atoms with Crippen LogP contribution in [-0.2, 0) is 15.1 Å². The van der Waals surface area contributed by atoms with Crippen LogP contribution in [0.5, 0.6) is 0 Å². The van der Waals surface area contributed by atoms with Crippen LogP contribution in [0.2, 0.25) is 10.2 Å². The molecule has 256 valence electrons. The molecular weight excluding hydrogens is 670 g/mol. The van der Waals surface area contributed by atoms with Crippen molar-refractivity contribution >= 4 is 51.8 Å². The van der Waals surface area contributed by atoms with E-state index in [1.165, 1.54) is 17.8 Å². The molecule has 2 aromatic rings. The fraction of sp³-hybridized carbons (Fsp3) is 0.556. The third-order valence-electron chi connectivity index (χ3n) is 11.2. The van der Waals surface area contributed by atoms with Gasteiger partial charge in [0.1, 0.15) is 16.5 Å². The van der Waals surface area contributed by atoms with Gasteiger partial charge in [0, 0.05) is 48.2 Å². The number of hydrogen-bond donors (Lipinski definition) is 0. The SMILES string of the molecule is CC(C)C1=C(C(=O)C(C(=O)N2CC3(CC3)N(C)C[C@H]2C)N2CCC[C@H]2C)SC2=N[C@@](C)(c3ccc(Cl)nc3)[C@@H](c3ccc(Cl)c(F)c3)N21. The molecule has 2 saturated heterocycles. The number of hydrogen-bond acceptors (Lipinski definition) is 8. The van der Waals surface area contributed by atoms with E-state index < -0.39 is 23.4 Å². The van der Waals surface area contributed by atoms with E-state index in [2.05, 4.69) is 54.4 Å². The summed E-state index contributed by atoms with van der Waals surface area (Å²) in [5.41, 5.74) is 1.41. The molecule has 4 aliphatic heterocycles. The van der Waals surface area contributed by atoms with Gasteiger partial charge in [0.2, 0.25) is 5.91 Å². The van der Waals surface area contributed by atoms with Gasteiger partial charge in [-0.25, -0.2) is 14.4 Å². The number of piperazine rings is 1. The number of benzene rings is 1. The third kappa shape index (κ3) is 5.50. The first kappa shape index (κ1) is 34.0. The molecule has 1 saturated carbocycles. The quantitative estimate of drug-likeness (QED) is 0.229. The summed E-state index contributed by atoms with van der Waals surface area (Å²) in [4.78, 5) is 48.6. The van der Waals surface area contributed by atoms with Crippen LogP contribution in [0.4, 0.5) is 4.39 Å². The average molecular weight is 714 g/mol. The molecular formula is C36H43Cl2FN6O2S. The maximum absolute atomic E-state index is 15.1. The maximum Gasteiger partial charge on any atom is 0.248 e. The molecule has 1 amide bonds. The van der Waals surface area contributed by atoms with Gasteiger partial charge >= 0.3 is 0 Å². The van der Waals surface area contributed by atoms with E-state index in [9.17, 15) is 4.79 Å². The van der Waals surface area contributed by atoms with Crippen molar-refractivity contribution in [3.63, 3.8) is 0 Å². The Kier molecular flexibility index (Phi) is 8.76. The van der Waals surface area contributed by atoms with Crippen molar-refractivity contribution in [2.45, 2.75) is 95.5 Å². The Morgan fingerprint density at radius 1 is 1.10 bits per heavy atom. The molecule has 48 heavy (non-hydrogen) atoms. The number of thioether (sulfide) groups is 1. The van der Waals surface area contributed by atoms with E-state index in [0.717, 1.165) is 43.5 Å². The second-order valence-corrected chi connectivity index (χ2v) is 16.5. The van der Waals surface area contributed by atoms with Crippen LogP contribution in [0, 0.1) is 11.7 Å². The highest BCUT2D eigenvalue weighted by atomic mass is 35.5. The van der Waals surface area contributed by atoms with Gasteiger partial charge in [-0.3, -0.25) is 19.4 Å². The van der Waals surface area contributed by atoms with Crippen LogP contribution in [0.25, 0.3) is 0 Å². The van der Waals surface area contributed by atoms with E-state index in [1.807, 2.05) is 24.0 Å². The zero-order valence-corrected chi connectivity index (χ0v) is 30.7. The number of rotatable bonds is 7. The Hall–Kier alpha value is -2.50. The number of halogens is 3. The van der Waals surface area contributed by atoms with Crippen LogP contribution in [0.15, 0.2) is 52.1 Å². The first-order valence-corrected chi connectivity index (χ1v) is 18.5.